The molecular weight excluding hydrogens is 376 g/mol. The van der Waals surface area contributed by atoms with E-state index in [1.54, 1.807) is 14.2 Å². The average Bonchev–Trinajstić information content (AvgIpc) is 2.93. The quantitative estimate of drug-likeness (QED) is 0.834. The predicted molar refractivity (Wildman–Crippen MR) is 89.9 cm³/mol. The molecule has 24 heavy (non-hydrogen) atoms. The number of benzene rings is 1. The van der Waals surface area contributed by atoms with E-state index in [9.17, 15) is 5.26 Å². The fourth-order valence-electron chi connectivity index (χ4n) is 2.84. The lowest BCUT2D eigenvalue weighted by atomic mass is 9.84. The number of rotatable bonds is 3. The van der Waals surface area contributed by atoms with Gasteiger partial charge in [0.25, 0.3) is 0 Å². The Morgan fingerprint density at radius 2 is 2.12 bits per heavy atom. The molecule has 0 amide bonds. The lowest BCUT2D eigenvalue weighted by Crippen LogP contribution is -2.21. The van der Waals surface area contributed by atoms with Crippen LogP contribution in [0.3, 0.4) is 0 Å². The standard InChI is InChI=1S/C16H15BrN4O3/c1-7-12-13(9(6-18)15(19)24-16(12)21-20-7)8-4-10(17)14(23-3)11(5-8)22-2/h4-5,13H,19H2,1-3H3,(H,20,21)/t13-/m0/s1. The number of hydrogen-bond donors (Lipinski definition) is 2. The number of nitrogens with one attached hydrogen (secondary N) is 1. The molecule has 1 aromatic carbocycles. The molecule has 0 radical (unpaired) electrons. The highest BCUT2D eigenvalue weighted by Gasteiger charge is 2.35. The summed E-state index contributed by atoms with van der Waals surface area (Å²) in [5.41, 5.74) is 8.64. The number of ether oxygens (including phenoxy) is 3. The summed E-state index contributed by atoms with van der Waals surface area (Å²) < 4.78 is 16.9. The summed E-state index contributed by atoms with van der Waals surface area (Å²) in [6, 6.07) is 5.84. The molecule has 2 aromatic rings. The molecule has 7 nitrogen and oxygen atoms in total. The Morgan fingerprint density at radius 1 is 1.38 bits per heavy atom. The molecule has 1 aromatic heterocycles. The van der Waals surface area contributed by atoms with E-state index in [4.69, 9.17) is 19.9 Å². The van der Waals surface area contributed by atoms with Gasteiger partial charge in [-0.05, 0) is 40.5 Å². The van der Waals surface area contributed by atoms with Crippen LogP contribution in [0.25, 0.3) is 0 Å². The second-order valence-corrected chi connectivity index (χ2v) is 6.08. The van der Waals surface area contributed by atoms with Crippen LogP contribution in [0.5, 0.6) is 17.4 Å². The Kier molecular flexibility index (Phi) is 4.11. The van der Waals surface area contributed by atoms with Crippen LogP contribution in [0, 0.1) is 18.3 Å². The van der Waals surface area contributed by atoms with E-state index in [2.05, 4.69) is 32.2 Å². The largest absolute Gasteiger partial charge is 0.493 e. The summed E-state index contributed by atoms with van der Waals surface area (Å²) in [5.74, 6) is 1.14. The number of nitrogens with zero attached hydrogens (tertiary/aromatic N) is 2. The van der Waals surface area contributed by atoms with Crippen LogP contribution < -0.4 is 19.9 Å². The highest BCUT2D eigenvalue weighted by molar-refractivity contribution is 9.10. The number of halogens is 1. The van der Waals surface area contributed by atoms with E-state index in [1.165, 1.54) is 0 Å². The number of hydrogen-bond acceptors (Lipinski definition) is 6. The molecule has 3 rings (SSSR count). The van der Waals surface area contributed by atoms with Gasteiger partial charge in [0.2, 0.25) is 11.8 Å². The maximum absolute atomic E-state index is 9.58. The first-order chi connectivity index (χ1) is 11.5. The van der Waals surface area contributed by atoms with Crippen LogP contribution in [0.4, 0.5) is 0 Å². The Labute approximate surface area is 147 Å². The zero-order valence-corrected chi connectivity index (χ0v) is 14.9. The van der Waals surface area contributed by atoms with Crippen LogP contribution in [0.1, 0.15) is 22.7 Å². The van der Waals surface area contributed by atoms with Gasteiger partial charge < -0.3 is 19.9 Å². The van der Waals surface area contributed by atoms with E-state index in [0.29, 0.717) is 27.4 Å². The van der Waals surface area contributed by atoms with Crippen molar-refractivity contribution in [2.24, 2.45) is 5.73 Å². The number of fused-ring (bicyclic) bond motifs is 1. The number of nitriles is 1. The molecule has 0 saturated heterocycles. The Balaban J connectivity index is 2.26. The summed E-state index contributed by atoms with van der Waals surface area (Å²) in [4.78, 5) is 0. The van der Waals surface area contributed by atoms with Gasteiger partial charge in [-0.25, -0.2) is 0 Å². The SMILES string of the molecule is COc1cc([C@H]2C(C#N)=C(N)Oc3n[nH]c(C)c32)cc(Br)c1OC. The van der Waals surface area contributed by atoms with Crippen molar-refractivity contribution in [1.82, 2.24) is 10.2 Å². The molecule has 1 atom stereocenters. The third kappa shape index (κ3) is 2.37. The van der Waals surface area contributed by atoms with Gasteiger partial charge in [-0.2, -0.15) is 5.26 Å². The van der Waals surface area contributed by atoms with E-state index >= 15 is 0 Å². The van der Waals surface area contributed by atoms with E-state index in [1.807, 2.05) is 19.1 Å². The summed E-state index contributed by atoms with van der Waals surface area (Å²) >= 11 is 3.48. The average molecular weight is 391 g/mol. The van der Waals surface area contributed by atoms with E-state index in [0.717, 1.165) is 16.8 Å². The summed E-state index contributed by atoms with van der Waals surface area (Å²) in [6.07, 6.45) is 0. The first-order valence-electron chi connectivity index (χ1n) is 7.05. The second-order valence-electron chi connectivity index (χ2n) is 5.23. The van der Waals surface area contributed by atoms with E-state index < -0.39 is 5.92 Å². The first-order valence-corrected chi connectivity index (χ1v) is 7.85. The molecule has 0 saturated carbocycles. The lowest BCUT2D eigenvalue weighted by molar-refractivity contribution is 0.352. The van der Waals surface area contributed by atoms with Crippen molar-refractivity contribution in [3.8, 4) is 23.4 Å². The van der Waals surface area contributed by atoms with Gasteiger partial charge in [0.15, 0.2) is 11.5 Å². The Bertz CT molecular complexity index is 882. The van der Waals surface area contributed by atoms with Crippen LogP contribution in [-0.2, 0) is 0 Å². The van der Waals surface area contributed by atoms with Crippen molar-refractivity contribution < 1.29 is 14.2 Å². The fourth-order valence-corrected chi connectivity index (χ4v) is 3.46. The van der Waals surface area contributed by atoms with Gasteiger partial charge in [-0.1, -0.05) is 0 Å². The molecule has 0 spiro atoms. The van der Waals surface area contributed by atoms with Gasteiger partial charge in [0.05, 0.1) is 24.6 Å². The molecule has 0 aliphatic carbocycles. The number of H-pyrrole nitrogens is 1. The minimum Gasteiger partial charge on any atom is -0.493 e. The number of aryl methyl sites for hydroxylation is 1. The van der Waals surface area contributed by atoms with Gasteiger partial charge in [-0.3, -0.25) is 5.10 Å². The Morgan fingerprint density at radius 3 is 2.75 bits per heavy atom. The van der Waals surface area contributed by atoms with Crippen LogP contribution in [0.15, 0.2) is 28.1 Å². The summed E-state index contributed by atoms with van der Waals surface area (Å²) in [7, 11) is 3.12. The van der Waals surface area contributed by atoms with Crippen molar-refractivity contribution in [3.63, 3.8) is 0 Å². The summed E-state index contributed by atoms with van der Waals surface area (Å²) in [5, 5.41) is 16.6. The zero-order valence-electron chi connectivity index (χ0n) is 13.3. The van der Waals surface area contributed by atoms with Gasteiger partial charge in [0, 0.05) is 11.3 Å². The molecule has 1 aliphatic rings. The highest BCUT2D eigenvalue weighted by Crippen LogP contribution is 2.46. The molecule has 1 aliphatic heterocycles. The second kappa shape index (κ2) is 6.09. The van der Waals surface area contributed by atoms with Crippen molar-refractivity contribution in [2.45, 2.75) is 12.8 Å². The minimum atomic E-state index is -0.409. The van der Waals surface area contributed by atoms with Gasteiger partial charge >= 0.3 is 0 Å². The van der Waals surface area contributed by atoms with Gasteiger partial charge in [-0.15, -0.1) is 5.10 Å². The zero-order chi connectivity index (χ0) is 17.4. The van der Waals surface area contributed by atoms with Crippen molar-refractivity contribution in [3.05, 3.63) is 44.9 Å². The fraction of sp³-hybridized carbons (Fsp3) is 0.250. The van der Waals surface area contributed by atoms with Crippen molar-refractivity contribution >= 4 is 15.9 Å². The molecule has 3 N–H and O–H groups in total. The minimum absolute atomic E-state index is 0.0485. The number of nitrogens with two attached hydrogens (primary N) is 1. The number of aromatic nitrogens is 2. The summed E-state index contributed by atoms with van der Waals surface area (Å²) in [6.45, 7) is 1.87. The van der Waals surface area contributed by atoms with Crippen LogP contribution in [-0.4, -0.2) is 24.4 Å². The topological polar surface area (TPSA) is 106 Å². The van der Waals surface area contributed by atoms with E-state index in [-0.39, 0.29) is 5.88 Å². The number of aromatic amines is 1. The monoisotopic (exact) mass is 390 g/mol. The molecule has 2 heterocycles. The first kappa shape index (κ1) is 16.2. The smallest absolute Gasteiger partial charge is 0.244 e. The Hall–Kier alpha value is -2.66. The van der Waals surface area contributed by atoms with Crippen molar-refractivity contribution in [2.75, 3.05) is 14.2 Å². The maximum atomic E-state index is 9.58. The van der Waals surface area contributed by atoms with Crippen LogP contribution in [0.2, 0.25) is 0 Å². The molecule has 0 bridgehead atoms. The maximum Gasteiger partial charge on any atom is 0.244 e. The molecule has 124 valence electrons. The lowest BCUT2D eigenvalue weighted by Gasteiger charge is -2.24. The van der Waals surface area contributed by atoms with Crippen molar-refractivity contribution in [1.29, 1.82) is 5.26 Å². The van der Waals surface area contributed by atoms with Gasteiger partial charge in [0.1, 0.15) is 11.6 Å². The number of allylic oxidation sites excluding steroid dienone is 1. The molecule has 0 fully saturated rings. The highest BCUT2D eigenvalue weighted by atomic mass is 79.9. The number of methoxy groups -OCH3 is 2. The normalized spacial score (nSPS) is 16.2. The molecular formula is C16H15BrN4O3. The predicted octanol–water partition coefficient (Wildman–Crippen LogP) is 2.72. The third-order valence-electron chi connectivity index (χ3n) is 3.92. The van der Waals surface area contributed by atoms with Crippen LogP contribution >= 0.6 is 15.9 Å². The molecule has 0 unspecified atom stereocenters. The molecule has 8 heteroatoms. The third-order valence-corrected chi connectivity index (χ3v) is 4.51.